The minimum atomic E-state index is -0.156. The van der Waals surface area contributed by atoms with Crippen LogP contribution in [0.4, 0.5) is 0 Å². The molecule has 0 aliphatic heterocycles. The molecule has 4 aromatic carbocycles. The minimum Gasteiger partial charge on any atom is -0.289 e. The summed E-state index contributed by atoms with van der Waals surface area (Å²) in [4.78, 5) is 27.1. The minimum absolute atomic E-state index is 0.137. The molecule has 0 N–H and O–H groups in total. The van der Waals surface area contributed by atoms with E-state index in [1.54, 1.807) is 24.3 Å². The van der Waals surface area contributed by atoms with Crippen molar-refractivity contribution in [3.63, 3.8) is 0 Å². The molecule has 5 rings (SSSR count). The Kier molecular flexibility index (Phi) is 4.18. The molecule has 0 aromatic heterocycles. The Morgan fingerprint density at radius 3 is 1.62 bits per heavy atom. The molecule has 0 amide bonds. The highest BCUT2D eigenvalue weighted by Crippen LogP contribution is 2.43. The van der Waals surface area contributed by atoms with Gasteiger partial charge in [0.2, 0.25) is 0 Å². The number of carbonyl (C=O) groups is 2. The first-order valence-corrected chi connectivity index (χ1v) is 9.81. The van der Waals surface area contributed by atoms with Gasteiger partial charge in [-0.25, -0.2) is 0 Å². The SMILES string of the molecule is O=C1c2ccccc2C(=O)c2c1cc(-c1ccccc1)c(-c1ccccc1)c2S. The summed E-state index contributed by atoms with van der Waals surface area (Å²) in [5, 5.41) is 0. The summed E-state index contributed by atoms with van der Waals surface area (Å²) in [6.45, 7) is 0. The molecule has 1 aliphatic rings. The third-order valence-electron chi connectivity index (χ3n) is 5.34. The summed E-state index contributed by atoms with van der Waals surface area (Å²) < 4.78 is 0. The van der Waals surface area contributed by atoms with Crippen LogP contribution in [0.1, 0.15) is 31.8 Å². The van der Waals surface area contributed by atoms with E-state index in [0.717, 1.165) is 22.3 Å². The standard InChI is InChI=1S/C26H16O2S/c27-24-18-13-7-8-14-19(18)25(28)23-21(24)15-20(16-9-3-1-4-10-16)22(26(23)29)17-11-5-2-6-12-17/h1-15,29H. The van der Waals surface area contributed by atoms with E-state index in [1.807, 2.05) is 66.7 Å². The van der Waals surface area contributed by atoms with Gasteiger partial charge in [-0.1, -0.05) is 84.9 Å². The Bertz CT molecular complexity index is 1280. The van der Waals surface area contributed by atoms with E-state index in [9.17, 15) is 9.59 Å². The Morgan fingerprint density at radius 1 is 0.483 bits per heavy atom. The Hall–Kier alpha value is -3.43. The van der Waals surface area contributed by atoms with Crippen LogP contribution in [0.5, 0.6) is 0 Å². The largest absolute Gasteiger partial charge is 0.289 e. The molecule has 0 radical (unpaired) electrons. The van der Waals surface area contributed by atoms with Gasteiger partial charge in [-0.15, -0.1) is 12.6 Å². The summed E-state index contributed by atoms with van der Waals surface area (Å²) in [5.74, 6) is -0.292. The maximum atomic E-state index is 13.3. The van der Waals surface area contributed by atoms with E-state index in [1.165, 1.54) is 0 Å². The Morgan fingerprint density at radius 2 is 1.00 bits per heavy atom. The maximum absolute atomic E-state index is 13.3. The molecule has 0 fully saturated rings. The zero-order chi connectivity index (χ0) is 20.0. The van der Waals surface area contributed by atoms with Crippen LogP contribution in [-0.4, -0.2) is 11.6 Å². The van der Waals surface area contributed by atoms with Crippen molar-refractivity contribution in [1.29, 1.82) is 0 Å². The first-order valence-electron chi connectivity index (χ1n) is 9.36. The van der Waals surface area contributed by atoms with Gasteiger partial charge in [-0.05, 0) is 22.8 Å². The number of hydrogen-bond donors (Lipinski definition) is 1. The van der Waals surface area contributed by atoms with Crippen LogP contribution < -0.4 is 0 Å². The first kappa shape index (κ1) is 17.7. The van der Waals surface area contributed by atoms with E-state index in [0.29, 0.717) is 27.1 Å². The number of thiol groups is 1. The number of benzene rings is 4. The van der Waals surface area contributed by atoms with E-state index in [2.05, 4.69) is 0 Å². The smallest absolute Gasteiger partial charge is 0.195 e. The molecule has 0 saturated heterocycles. The zero-order valence-electron chi connectivity index (χ0n) is 15.4. The van der Waals surface area contributed by atoms with Gasteiger partial charge in [0.05, 0.1) is 0 Å². The lowest BCUT2D eigenvalue weighted by atomic mass is 9.80. The second-order valence-electron chi connectivity index (χ2n) is 7.01. The fourth-order valence-corrected chi connectivity index (χ4v) is 4.45. The maximum Gasteiger partial charge on any atom is 0.195 e. The molecule has 0 saturated carbocycles. The molecular formula is C26H16O2S. The second-order valence-corrected chi connectivity index (χ2v) is 7.45. The molecule has 3 heteroatoms. The van der Waals surface area contributed by atoms with Gasteiger partial charge in [0.15, 0.2) is 11.6 Å². The van der Waals surface area contributed by atoms with Crippen molar-refractivity contribution in [3.8, 4) is 22.3 Å². The lowest BCUT2D eigenvalue weighted by molar-refractivity contribution is 0.0977. The molecular weight excluding hydrogens is 376 g/mol. The highest BCUT2D eigenvalue weighted by molar-refractivity contribution is 7.80. The molecule has 0 spiro atoms. The predicted molar refractivity (Wildman–Crippen MR) is 118 cm³/mol. The highest BCUT2D eigenvalue weighted by Gasteiger charge is 2.33. The van der Waals surface area contributed by atoms with Gasteiger partial charge in [0, 0.05) is 32.7 Å². The van der Waals surface area contributed by atoms with Crippen molar-refractivity contribution < 1.29 is 9.59 Å². The van der Waals surface area contributed by atoms with Gasteiger partial charge in [-0.2, -0.15) is 0 Å². The normalized spacial score (nSPS) is 12.4. The van der Waals surface area contributed by atoms with Gasteiger partial charge < -0.3 is 0 Å². The monoisotopic (exact) mass is 392 g/mol. The molecule has 2 nitrogen and oxygen atoms in total. The van der Waals surface area contributed by atoms with E-state index in [-0.39, 0.29) is 11.6 Å². The zero-order valence-corrected chi connectivity index (χ0v) is 16.3. The number of fused-ring (bicyclic) bond motifs is 2. The van der Waals surface area contributed by atoms with Crippen molar-refractivity contribution in [3.05, 3.63) is 113 Å². The van der Waals surface area contributed by atoms with Crippen LogP contribution in [-0.2, 0) is 0 Å². The topological polar surface area (TPSA) is 34.1 Å². The average molecular weight is 392 g/mol. The summed E-state index contributed by atoms with van der Waals surface area (Å²) in [7, 11) is 0. The third kappa shape index (κ3) is 2.74. The van der Waals surface area contributed by atoms with Crippen LogP contribution >= 0.6 is 12.6 Å². The first-order chi connectivity index (χ1) is 14.2. The number of hydrogen-bond acceptors (Lipinski definition) is 3. The number of carbonyl (C=O) groups excluding carboxylic acids is 2. The van der Waals surface area contributed by atoms with Crippen molar-refractivity contribution in [2.75, 3.05) is 0 Å². The fourth-order valence-electron chi connectivity index (χ4n) is 3.98. The van der Waals surface area contributed by atoms with Crippen LogP contribution in [0.15, 0.2) is 95.9 Å². The van der Waals surface area contributed by atoms with Crippen LogP contribution in [0, 0.1) is 0 Å². The van der Waals surface area contributed by atoms with Crippen LogP contribution in [0.25, 0.3) is 22.3 Å². The van der Waals surface area contributed by atoms with Gasteiger partial charge >= 0.3 is 0 Å². The number of ketones is 2. The van der Waals surface area contributed by atoms with Crippen molar-refractivity contribution in [2.45, 2.75) is 4.90 Å². The number of rotatable bonds is 2. The summed E-state index contributed by atoms with van der Waals surface area (Å²) in [5.41, 5.74) is 5.37. The van der Waals surface area contributed by atoms with E-state index < -0.39 is 0 Å². The van der Waals surface area contributed by atoms with Crippen molar-refractivity contribution >= 4 is 24.2 Å². The van der Waals surface area contributed by atoms with Crippen molar-refractivity contribution in [1.82, 2.24) is 0 Å². The van der Waals surface area contributed by atoms with Crippen LogP contribution in [0.3, 0.4) is 0 Å². The van der Waals surface area contributed by atoms with Gasteiger partial charge in [0.25, 0.3) is 0 Å². The highest BCUT2D eigenvalue weighted by atomic mass is 32.1. The van der Waals surface area contributed by atoms with Gasteiger partial charge in [-0.3, -0.25) is 9.59 Å². The summed E-state index contributed by atoms with van der Waals surface area (Å²) >= 11 is 4.80. The molecule has 0 heterocycles. The summed E-state index contributed by atoms with van der Waals surface area (Å²) in [6, 6.07) is 28.6. The molecule has 1 aliphatic carbocycles. The Labute approximate surface area is 174 Å². The van der Waals surface area contributed by atoms with Crippen molar-refractivity contribution in [2.24, 2.45) is 0 Å². The fraction of sp³-hybridized carbons (Fsp3) is 0. The lowest BCUT2D eigenvalue weighted by Crippen LogP contribution is -2.22. The Balaban J connectivity index is 1.87. The predicted octanol–water partition coefficient (Wildman–Crippen LogP) is 6.08. The quantitative estimate of drug-likeness (QED) is 0.369. The lowest BCUT2D eigenvalue weighted by Gasteiger charge is -2.23. The van der Waals surface area contributed by atoms with E-state index in [4.69, 9.17) is 12.6 Å². The molecule has 4 aromatic rings. The average Bonchev–Trinajstić information content (AvgIpc) is 2.78. The second kappa shape index (κ2) is 6.87. The molecule has 0 atom stereocenters. The molecule has 138 valence electrons. The molecule has 29 heavy (non-hydrogen) atoms. The van der Waals surface area contributed by atoms with E-state index >= 15 is 0 Å². The molecule has 0 bridgehead atoms. The molecule has 0 unspecified atom stereocenters. The third-order valence-corrected chi connectivity index (χ3v) is 5.78. The van der Waals surface area contributed by atoms with Crippen LogP contribution in [0.2, 0.25) is 0 Å². The van der Waals surface area contributed by atoms with Gasteiger partial charge in [0.1, 0.15) is 0 Å². The summed E-state index contributed by atoms with van der Waals surface area (Å²) in [6.07, 6.45) is 0.